The molecule has 0 saturated carbocycles. The van der Waals surface area contributed by atoms with Crippen molar-refractivity contribution in [2.24, 2.45) is 0 Å². The molecule has 0 aliphatic rings. The number of rotatable bonds is 9. The van der Waals surface area contributed by atoms with Crippen molar-refractivity contribution in [3.05, 3.63) is 87.7 Å². The topological polar surface area (TPSA) is 102 Å². The molecular formula is C26H27ClN4O4. The average molecular weight is 495 g/mol. The van der Waals surface area contributed by atoms with Crippen molar-refractivity contribution in [3.8, 4) is 0 Å². The number of carbonyl (C=O) groups is 3. The number of benzene rings is 2. The van der Waals surface area contributed by atoms with Crippen LogP contribution in [0.2, 0.25) is 5.02 Å². The summed E-state index contributed by atoms with van der Waals surface area (Å²) >= 11 is 6.25. The molecule has 0 aliphatic heterocycles. The maximum absolute atomic E-state index is 12.2. The van der Waals surface area contributed by atoms with E-state index in [1.54, 1.807) is 30.3 Å². The number of aryl methyl sites for hydroxylation is 1. The molecule has 9 heteroatoms. The number of aromatic nitrogens is 2. The van der Waals surface area contributed by atoms with E-state index in [0.29, 0.717) is 29.4 Å². The van der Waals surface area contributed by atoms with Gasteiger partial charge < -0.3 is 15.4 Å². The Labute approximate surface area is 208 Å². The highest BCUT2D eigenvalue weighted by Gasteiger charge is 2.12. The second-order valence-electron chi connectivity index (χ2n) is 7.76. The molecule has 1 heterocycles. The number of amides is 2. The first-order valence-corrected chi connectivity index (χ1v) is 11.5. The van der Waals surface area contributed by atoms with Gasteiger partial charge in [0.1, 0.15) is 0 Å². The van der Waals surface area contributed by atoms with Crippen LogP contribution in [0.25, 0.3) is 6.08 Å². The first kappa shape index (κ1) is 25.7. The minimum atomic E-state index is -0.658. The third kappa shape index (κ3) is 7.04. The summed E-state index contributed by atoms with van der Waals surface area (Å²) in [5.41, 5.74) is 4.21. The van der Waals surface area contributed by atoms with Gasteiger partial charge in [-0.15, -0.1) is 0 Å². The van der Waals surface area contributed by atoms with Crippen molar-refractivity contribution in [2.45, 2.75) is 27.3 Å². The van der Waals surface area contributed by atoms with E-state index in [9.17, 15) is 14.4 Å². The first-order valence-electron chi connectivity index (χ1n) is 11.1. The number of halogens is 1. The fourth-order valence-corrected chi connectivity index (χ4v) is 3.62. The smallest absolute Gasteiger partial charge is 0.331 e. The lowest BCUT2D eigenvalue weighted by atomic mass is 10.1. The zero-order chi connectivity index (χ0) is 25.4. The summed E-state index contributed by atoms with van der Waals surface area (Å²) in [6, 6.07) is 14.1. The molecular weight excluding hydrogens is 468 g/mol. The summed E-state index contributed by atoms with van der Waals surface area (Å²) in [6.45, 7) is 6.12. The molecule has 2 aromatic carbocycles. The normalized spacial score (nSPS) is 10.9. The summed E-state index contributed by atoms with van der Waals surface area (Å²) in [6.07, 6.45) is 2.89. The van der Waals surface area contributed by atoms with Gasteiger partial charge in [0.25, 0.3) is 11.8 Å². The minimum absolute atomic E-state index is 0.235. The van der Waals surface area contributed by atoms with Gasteiger partial charge in [-0.25, -0.2) is 4.79 Å². The molecule has 0 saturated heterocycles. The maximum Gasteiger partial charge on any atom is 0.331 e. The van der Waals surface area contributed by atoms with Crippen LogP contribution >= 0.6 is 11.6 Å². The number of nitrogens with one attached hydrogen (secondary N) is 2. The van der Waals surface area contributed by atoms with Crippen molar-refractivity contribution in [2.75, 3.05) is 18.5 Å². The van der Waals surface area contributed by atoms with Gasteiger partial charge in [-0.2, -0.15) is 5.10 Å². The van der Waals surface area contributed by atoms with Crippen LogP contribution < -0.4 is 10.6 Å². The zero-order valence-corrected chi connectivity index (χ0v) is 20.6. The Morgan fingerprint density at radius 2 is 1.89 bits per heavy atom. The summed E-state index contributed by atoms with van der Waals surface area (Å²) in [4.78, 5) is 36.3. The summed E-state index contributed by atoms with van der Waals surface area (Å²) < 4.78 is 6.87. The number of nitrogens with zero attached hydrogens (tertiary/aromatic N) is 2. The largest absolute Gasteiger partial charge is 0.452 e. The molecule has 0 aliphatic carbocycles. The van der Waals surface area contributed by atoms with E-state index in [1.165, 1.54) is 6.08 Å². The van der Waals surface area contributed by atoms with Crippen molar-refractivity contribution in [1.29, 1.82) is 0 Å². The van der Waals surface area contributed by atoms with E-state index in [-0.39, 0.29) is 5.91 Å². The Morgan fingerprint density at radius 3 is 2.63 bits per heavy atom. The zero-order valence-electron chi connectivity index (χ0n) is 19.8. The Hall–Kier alpha value is -3.91. The van der Waals surface area contributed by atoms with Crippen LogP contribution in [-0.2, 0) is 20.9 Å². The highest BCUT2D eigenvalue weighted by atomic mass is 35.5. The maximum atomic E-state index is 12.2. The van der Waals surface area contributed by atoms with Crippen LogP contribution in [0.1, 0.15) is 39.8 Å². The summed E-state index contributed by atoms with van der Waals surface area (Å²) in [5.74, 6) is -1.41. The number of ether oxygens (including phenoxy) is 1. The molecule has 1 aromatic heterocycles. The van der Waals surface area contributed by atoms with Crippen LogP contribution in [0.4, 0.5) is 5.69 Å². The third-order valence-electron chi connectivity index (χ3n) is 5.19. The van der Waals surface area contributed by atoms with Crippen LogP contribution in [0.5, 0.6) is 0 Å². The Bertz CT molecular complexity index is 1270. The second kappa shape index (κ2) is 12.0. The number of hydrogen-bond donors (Lipinski definition) is 2. The molecule has 3 aromatic rings. The Balaban J connectivity index is 1.56. The fraction of sp³-hybridized carbons (Fsp3) is 0.231. The lowest BCUT2D eigenvalue weighted by Gasteiger charge is -2.08. The van der Waals surface area contributed by atoms with E-state index < -0.39 is 18.5 Å². The molecule has 3 rings (SSSR count). The molecule has 8 nitrogen and oxygen atoms in total. The first-order chi connectivity index (χ1) is 16.8. The molecule has 0 spiro atoms. The number of hydrogen-bond acceptors (Lipinski definition) is 5. The number of esters is 1. The fourth-order valence-electron chi connectivity index (χ4n) is 3.43. The third-order valence-corrected chi connectivity index (χ3v) is 5.56. The monoisotopic (exact) mass is 494 g/mol. The Morgan fingerprint density at radius 1 is 1.11 bits per heavy atom. The predicted octanol–water partition coefficient (Wildman–Crippen LogP) is 4.15. The predicted molar refractivity (Wildman–Crippen MR) is 135 cm³/mol. The van der Waals surface area contributed by atoms with Crippen molar-refractivity contribution in [3.63, 3.8) is 0 Å². The Kier molecular flexibility index (Phi) is 8.80. The molecule has 2 N–H and O–H groups in total. The van der Waals surface area contributed by atoms with Crippen LogP contribution in [0, 0.1) is 13.8 Å². The van der Waals surface area contributed by atoms with Gasteiger partial charge in [-0.1, -0.05) is 35.9 Å². The van der Waals surface area contributed by atoms with Crippen molar-refractivity contribution < 1.29 is 19.1 Å². The highest BCUT2D eigenvalue weighted by Crippen LogP contribution is 2.20. The molecule has 0 bridgehead atoms. The molecule has 0 atom stereocenters. The average Bonchev–Trinajstić information content (AvgIpc) is 3.10. The van der Waals surface area contributed by atoms with Gasteiger partial charge in [0.05, 0.1) is 12.2 Å². The van der Waals surface area contributed by atoms with Gasteiger partial charge in [0.15, 0.2) is 6.61 Å². The summed E-state index contributed by atoms with van der Waals surface area (Å²) in [5, 5.41) is 10.5. The molecule has 0 fully saturated rings. The van der Waals surface area contributed by atoms with Crippen molar-refractivity contribution in [1.82, 2.24) is 15.1 Å². The standard InChI is InChI=1S/C26H27ClN4O4/c1-4-28-26(34)19-9-7-10-21(14-19)29-24(32)16-35-25(33)13-12-22-17(2)30-31(18(22)3)15-20-8-5-6-11-23(20)27/h5-14H,4,15-16H2,1-3H3,(H,28,34)(H,29,32)/b13-12+. The van der Waals surface area contributed by atoms with Gasteiger partial charge >= 0.3 is 5.97 Å². The lowest BCUT2D eigenvalue weighted by Crippen LogP contribution is -2.23. The van der Waals surface area contributed by atoms with E-state index in [4.69, 9.17) is 16.3 Å². The van der Waals surface area contributed by atoms with Gasteiger partial charge in [-0.3, -0.25) is 14.3 Å². The van der Waals surface area contributed by atoms with Gasteiger partial charge in [0.2, 0.25) is 0 Å². The SMILES string of the molecule is CCNC(=O)c1cccc(NC(=O)COC(=O)/C=C/c2c(C)nn(Cc3ccccc3Cl)c2C)c1. The highest BCUT2D eigenvalue weighted by molar-refractivity contribution is 6.31. The van der Waals surface area contributed by atoms with E-state index in [1.807, 2.05) is 49.7 Å². The van der Waals surface area contributed by atoms with E-state index in [0.717, 1.165) is 22.5 Å². The molecule has 35 heavy (non-hydrogen) atoms. The van der Waals surface area contributed by atoms with E-state index in [2.05, 4.69) is 15.7 Å². The lowest BCUT2D eigenvalue weighted by molar-refractivity contribution is -0.142. The van der Waals surface area contributed by atoms with Gasteiger partial charge in [0, 0.05) is 40.2 Å². The quantitative estimate of drug-likeness (QED) is 0.343. The molecule has 0 radical (unpaired) electrons. The van der Waals surface area contributed by atoms with Crippen LogP contribution in [-0.4, -0.2) is 40.7 Å². The number of anilines is 1. The van der Waals surface area contributed by atoms with Crippen molar-refractivity contribution >= 4 is 41.1 Å². The molecule has 0 unspecified atom stereocenters. The van der Waals surface area contributed by atoms with E-state index >= 15 is 0 Å². The minimum Gasteiger partial charge on any atom is -0.452 e. The summed E-state index contributed by atoms with van der Waals surface area (Å²) in [7, 11) is 0. The van der Waals surface area contributed by atoms with Crippen LogP contribution in [0.3, 0.4) is 0 Å². The van der Waals surface area contributed by atoms with Gasteiger partial charge in [-0.05, 0) is 56.7 Å². The second-order valence-corrected chi connectivity index (χ2v) is 8.17. The number of carbonyl (C=O) groups excluding carboxylic acids is 3. The van der Waals surface area contributed by atoms with Crippen LogP contribution in [0.15, 0.2) is 54.6 Å². The molecule has 2 amide bonds. The molecule has 182 valence electrons.